The van der Waals surface area contributed by atoms with Crippen molar-refractivity contribution in [1.82, 2.24) is 25.0 Å². The first kappa shape index (κ1) is 13.1. The number of likely N-dealkylation sites (tertiary alicyclic amines) is 1. The predicted molar refractivity (Wildman–Crippen MR) is 75.0 cm³/mol. The van der Waals surface area contributed by atoms with Crippen LogP contribution in [0.5, 0.6) is 0 Å². The molecular formula is C14H25N5. The molecule has 106 valence electrons. The highest BCUT2D eigenvalue weighted by molar-refractivity contribution is 5.04. The SMILES string of the molecule is CC(NC1CCCN(C)CC1)c1nnc2n1CCC2. The summed E-state index contributed by atoms with van der Waals surface area (Å²) in [5.41, 5.74) is 0. The Labute approximate surface area is 115 Å². The molecule has 0 spiro atoms. The van der Waals surface area contributed by atoms with Gasteiger partial charge in [0.15, 0.2) is 0 Å². The van der Waals surface area contributed by atoms with Crippen LogP contribution in [0.2, 0.25) is 0 Å². The zero-order chi connectivity index (χ0) is 13.2. The second kappa shape index (κ2) is 5.59. The predicted octanol–water partition coefficient (Wildman–Crippen LogP) is 1.36. The molecular weight excluding hydrogens is 238 g/mol. The summed E-state index contributed by atoms with van der Waals surface area (Å²) < 4.78 is 2.31. The van der Waals surface area contributed by atoms with Crippen molar-refractivity contribution < 1.29 is 0 Å². The lowest BCUT2D eigenvalue weighted by molar-refractivity contribution is 0.338. The van der Waals surface area contributed by atoms with Gasteiger partial charge in [0, 0.05) is 19.0 Å². The number of nitrogens with zero attached hydrogens (tertiary/aromatic N) is 4. The fourth-order valence-electron chi connectivity index (χ4n) is 3.33. The van der Waals surface area contributed by atoms with Crippen molar-refractivity contribution in [3.8, 4) is 0 Å². The fourth-order valence-corrected chi connectivity index (χ4v) is 3.33. The molecule has 2 aliphatic rings. The first-order chi connectivity index (χ1) is 9.24. The number of aryl methyl sites for hydroxylation is 1. The van der Waals surface area contributed by atoms with Crippen LogP contribution in [0, 0.1) is 0 Å². The Bertz CT molecular complexity index is 427. The van der Waals surface area contributed by atoms with Gasteiger partial charge in [0.2, 0.25) is 0 Å². The fraction of sp³-hybridized carbons (Fsp3) is 0.857. The molecule has 19 heavy (non-hydrogen) atoms. The van der Waals surface area contributed by atoms with Crippen LogP contribution >= 0.6 is 0 Å². The highest BCUT2D eigenvalue weighted by Crippen LogP contribution is 2.20. The van der Waals surface area contributed by atoms with Gasteiger partial charge in [0.1, 0.15) is 11.6 Å². The third-order valence-corrected chi connectivity index (χ3v) is 4.46. The Kier molecular flexibility index (Phi) is 3.84. The average Bonchev–Trinajstić information content (AvgIpc) is 2.92. The van der Waals surface area contributed by atoms with Crippen LogP contribution in [-0.2, 0) is 13.0 Å². The molecule has 1 N–H and O–H groups in total. The number of hydrogen-bond donors (Lipinski definition) is 1. The minimum absolute atomic E-state index is 0.313. The van der Waals surface area contributed by atoms with E-state index in [1.807, 2.05) is 0 Å². The molecule has 1 aromatic heterocycles. The summed E-state index contributed by atoms with van der Waals surface area (Å²) >= 11 is 0. The second-order valence-electron chi connectivity index (χ2n) is 6.05. The first-order valence-corrected chi connectivity index (χ1v) is 7.60. The van der Waals surface area contributed by atoms with Crippen LogP contribution in [0.15, 0.2) is 0 Å². The van der Waals surface area contributed by atoms with E-state index in [1.165, 1.54) is 44.6 Å². The van der Waals surface area contributed by atoms with Crippen LogP contribution in [0.25, 0.3) is 0 Å². The van der Waals surface area contributed by atoms with Gasteiger partial charge in [-0.05, 0) is 52.7 Å². The third kappa shape index (κ3) is 2.82. The molecule has 0 aliphatic carbocycles. The lowest BCUT2D eigenvalue weighted by Gasteiger charge is -2.21. The van der Waals surface area contributed by atoms with E-state index in [2.05, 4.69) is 39.0 Å². The van der Waals surface area contributed by atoms with Crippen molar-refractivity contribution in [3.63, 3.8) is 0 Å². The smallest absolute Gasteiger partial charge is 0.149 e. The van der Waals surface area contributed by atoms with Crippen LogP contribution < -0.4 is 5.32 Å². The van der Waals surface area contributed by atoms with E-state index in [0.29, 0.717) is 12.1 Å². The molecule has 0 amide bonds. The monoisotopic (exact) mass is 263 g/mol. The second-order valence-corrected chi connectivity index (χ2v) is 6.05. The Hall–Kier alpha value is -0.940. The Morgan fingerprint density at radius 1 is 1.16 bits per heavy atom. The van der Waals surface area contributed by atoms with E-state index >= 15 is 0 Å². The van der Waals surface area contributed by atoms with Gasteiger partial charge in [-0.2, -0.15) is 0 Å². The normalized spacial score (nSPS) is 26.1. The van der Waals surface area contributed by atoms with Crippen molar-refractivity contribution in [2.45, 2.75) is 57.7 Å². The number of fused-ring (bicyclic) bond motifs is 1. The van der Waals surface area contributed by atoms with E-state index in [-0.39, 0.29) is 0 Å². The van der Waals surface area contributed by atoms with Gasteiger partial charge in [-0.25, -0.2) is 0 Å². The topological polar surface area (TPSA) is 46.0 Å². The van der Waals surface area contributed by atoms with E-state index < -0.39 is 0 Å². The van der Waals surface area contributed by atoms with Crippen LogP contribution in [0.3, 0.4) is 0 Å². The van der Waals surface area contributed by atoms with Gasteiger partial charge in [0.05, 0.1) is 6.04 Å². The highest BCUT2D eigenvalue weighted by Gasteiger charge is 2.23. The number of rotatable bonds is 3. The zero-order valence-corrected chi connectivity index (χ0v) is 12.1. The molecule has 0 aromatic carbocycles. The maximum atomic E-state index is 4.38. The summed E-state index contributed by atoms with van der Waals surface area (Å²) in [5.74, 6) is 2.30. The zero-order valence-electron chi connectivity index (χ0n) is 12.1. The van der Waals surface area contributed by atoms with Gasteiger partial charge in [0.25, 0.3) is 0 Å². The van der Waals surface area contributed by atoms with Crippen LogP contribution in [-0.4, -0.2) is 45.8 Å². The Morgan fingerprint density at radius 2 is 2.05 bits per heavy atom. The summed E-state index contributed by atoms with van der Waals surface area (Å²) in [6, 6.07) is 0.932. The molecule has 0 radical (unpaired) electrons. The lowest BCUT2D eigenvalue weighted by atomic mass is 10.1. The molecule has 3 rings (SSSR count). The van der Waals surface area contributed by atoms with Gasteiger partial charge in [-0.15, -0.1) is 10.2 Å². The molecule has 0 saturated carbocycles. The van der Waals surface area contributed by atoms with Crippen molar-refractivity contribution in [2.24, 2.45) is 0 Å². The first-order valence-electron chi connectivity index (χ1n) is 7.60. The van der Waals surface area contributed by atoms with Gasteiger partial charge in [-0.1, -0.05) is 0 Å². The van der Waals surface area contributed by atoms with Crippen molar-refractivity contribution >= 4 is 0 Å². The molecule has 0 bridgehead atoms. The summed E-state index contributed by atoms with van der Waals surface area (Å²) in [6.07, 6.45) is 6.11. The summed E-state index contributed by atoms with van der Waals surface area (Å²) in [6.45, 7) is 5.75. The third-order valence-electron chi connectivity index (χ3n) is 4.46. The minimum Gasteiger partial charge on any atom is -0.314 e. The quantitative estimate of drug-likeness (QED) is 0.894. The highest BCUT2D eigenvalue weighted by atomic mass is 15.3. The minimum atomic E-state index is 0.313. The summed E-state index contributed by atoms with van der Waals surface area (Å²) in [7, 11) is 2.22. The van der Waals surface area contributed by atoms with Crippen LogP contribution in [0.1, 0.15) is 50.3 Å². The molecule has 1 saturated heterocycles. The van der Waals surface area contributed by atoms with Crippen molar-refractivity contribution in [2.75, 3.05) is 20.1 Å². The van der Waals surface area contributed by atoms with Crippen LogP contribution in [0.4, 0.5) is 0 Å². The summed E-state index contributed by atoms with van der Waals surface area (Å²) in [5, 5.41) is 12.4. The Balaban J connectivity index is 1.62. The molecule has 1 fully saturated rings. The Morgan fingerprint density at radius 3 is 2.95 bits per heavy atom. The average molecular weight is 263 g/mol. The largest absolute Gasteiger partial charge is 0.314 e. The standard InChI is InChI=1S/C14H25N5/c1-11(14-17-16-13-6-4-9-19(13)14)15-12-5-3-8-18(2)10-7-12/h11-12,15H,3-10H2,1-2H3. The van der Waals surface area contributed by atoms with Crippen molar-refractivity contribution in [1.29, 1.82) is 0 Å². The van der Waals surface area contributed by atoms with Gasteiger partial charge in [-0.3, -0.25) is 0 Å². The molecule has 2 unspecified atom stereocenters. The number of nitrogens with one attached hydrogen (secondary N) is 1. The maximum absolute atomic E-state index is 4.38. The molecule has 3 heterocycles. The molecule has 5 nitrogen and oxygen atoms in total. The van der Waals surface area contributed by atoms with E-state index in [9.17, 15) is 0 Å². The van der Waals surface area contributed by atoms with E-state index in [1.54, 1.807) is 0 Å². The molecule has 2 atom stereocenters. The van der Waals surface area contributed by atoms with E-state index in [0.717, 1.165) is 18.8 Å². The number of hydrogen-bond acceptors (Lipinski definition) is 4. The molecule has 5 heteroatoms. The number of aromatic nitrogens is 3. The van der Waals surface area contributed by atoms with Gasteiger partial charge >= 0.3 is 0 Å². The maximum Gasteiger partial charge on any atom is 0.149 e. The van der Waals surface area contributed by atoms with Gasteiger partial charge < -0.3 is 14.8 Å². The molecule has 1 aromatic rings. The van der Waals surface area contributed by atoms with Crippen molar-refractivity contribution in [3.05, 3.63) is 11.6 Å². The summed E-state index contributed by atoms with van der Waals surface area (Å²) in [4.78, 5) is 2.43. The lowest BCUT2D eigenvalue weighted by Crippen LogP contribution is -2.33. The molecule has 2 aliphatic heterocycles. The van der Waals surface area contributed by atoms with E-state index in [4.69, 9.17) is 0 Å².